The summed E-state index contributed by atoms with van der Waals surface area (Å²) in [5.74, 6) is -2.17. The average molecular weight is 283 g/mol. The standard InChI is InChI=1S/C14H18FNO4/c1-8-5-10(6-9(2)11(8)15)12(17)16-14(3,7-20-4)13(18)19/h5-6H,7H2,1-4H3,(H,16,17)(H,18,19). The molecule has 0 aliphatic carbocycles. The fourth-order valence-corrected chi connectivity index (χ4v) is 1.84. The van der Waals surface area contributed by atoms with Crippen LogP contribution in [-0.2, 0) is 9.53 Å². The van der Waals surface area contributed by atoms with Gasteiger partial charge in [-0.25, -0.2) is 9.18 Å². The van der Waals surface area contributed by atoms with Crippen LogP contribution in [0.15, 0.2) is 12.1 Å². The summed E-state index contributed by atoms with van der Waals surface area (Å²) in [5, 5.41) is 11.6. The molecule has 110 valence electrons. The average Bonchev–Trinajstić information content (AvgIpc) is 2.35. The molecule has 0 spiro atoms. The summed E-state index contributed by atoms with van der Waals surface area (Å²) >= 11 is 0. The number of rotatable bonds is 5. The van der Waals surface area contributed by atoms with Crippen LogP contribution in [0.2, 0.25) is 0 Å². The first-order valence-electron chi connectivity index (χ1n) is 6.03. The SMILES string of the molecule is COCC(C)(NC(=O)c1cc(C)c(F)c(C)c1)C(=O)O. The van der Waals surface area contributed by atoms with Crippen LogP contribution in [0.5, 0.6) is 0 Å². The molecule has 1 aromatic carbocycles. The van der Waals surface area contributed by atoms with Crippen molar-refractivity contribution in [2.75, 3.05) is 13.7 Å². The second kappa shape index (κ2) is 6.00. The van der Waals surface area contributed by atoms with E-state index >= 15 is 0 Å². The molecule has 1 atom stereocenters. The number of nitrogens with one attached hydrogen (secondary N) is 1. The van der Waals surface area contributed by atoms with Crippen molar-refractivity contribution in [2.24, 2.45) is 0 Å². The van der Waals surface area contributed by atoms with Crippen LogP contribution >= 0.6 is 0 Å². The predicted molar refractivity (Wildman–Crippen MR) is 71.3 cm³/mol. The van der Waals surface area contributed by atoms with E-state index in [9.17, 15) is 14.0 Å². The Hall–Kier alpha value is -1.95. The Kier molecular flexibility index (Phi) is 4.83. The highest BCUT2D eigenvalue weighted by Gasteiger charge is 2.35. The van der Waals surface area contributed by atoms with E-state index < -0.39 is 17.4 Å². The number of hydrogen-bond acceptors (Lipinski definition) is 3. The topological polar surface area (TPSA) is 75.6 Å². The largest absolute Gasteiger partial charge is 0.479 e. The summed E-state index contributed by atoms with van der Waals surface area (Å²) in [7, 11) is 1.35. The van der Waals surface area contributed by atoms with Gasteiger partial charge in [-0.05, 0) is 44.0 Å². The minimum atomic E-state index is -1.54. The van der Waals surface area contributed by atoms with Gasteiger partial charge in [-0.3, -0.25) is 4.79 Å². The van der Waals surface area contributed by atoms with Gasteiger partial charge in [-0.2, -0.15) is 0 Å². The lowest BCUT2D eigenvalue weighted by atomic mass is 10.0. The van der Waals surface area contributed by atoms with E-state index in [4.69, 9.17) is 9.84 Å². The molecular weight excluding hydrogens is 265 g/mol. The normalized spacial score (nSPS) is 13.7. The van der Waals surface area contributed by atoms with E-state index in [0.29, 0.717) is 11.1 Å². The lowest BCUT2D eigenvalue weighted by molar-refractivity contribution is -0.145. The number of carbonyl (C=O) groups excluding carboxylic acids is 1. The van der Waals surface area contributed by atoms with Crippen LogP contribution in [0.4, 0.5) is 4.39 Å². The first-order chi connectivity index (χ1) is 9.21. The highest BCUT2D eigenvalue weighted by Crippen LogP contribution is 2.16. The number of carbonyl (C=O) groups is 2. The Morgan fingerprint density at radius 2 is 1.85 bits per heavy atom. The lowest BCUT2D eigenvalue weighted by Crippen LogP contribution is -2.55. The fraction of sp³-hybridized carbons (Fsp3) is 0.429. The zero-order chi connectivity index (χ0) is 15.5. The van der Waals surface area contributed by atoms with Crippen molar-refractivity contribution in [3.8, 4) is 0 Å². The maximum atomic E-state index is 13.5. The predicted octanol–water partition coefficient (Wildman–Crippen LogP) is 1.66. The van der Waals surface area contributed by atoms with Crippen molar-refractivity contribution in [1.82, 2.24) is 5.32 Å². The van der Waals surface area contributed by atoms with Gasteiger partial charge in [0.15, 0.2) is 5.54 Å². The smallest absolute Gasteiger partial charge is 0.331 e. The molecule has 0 aliphatic heterocycles. The second-order valence-corrected chi connectivity index (χ2v) is 4.95. The number of aliphatic carboxylic acids is 1. The summed E-state index contributed by atoms with van der Waals surface area (Å²) in [6.07, 6.45) is 0. The molecule has 0 fully saturated rings. The maximum absolute atomic E-state index is 13.5. The zero-order valence-corrected chi connectivity index (χ0v) is 11.9. The summed E-state index contributed by atoms with van der Waals surface area (Å²) in [6.45, 7) is 4.27. The molecule has 0 heterocycles. The van der Waals surface area contributed by atoms with E-state index in [1.54, 1.807) is 13.8 Å². The second-order valence-electron chi connectivity index (χ2n) is 4.95. The number of benzene rings is 1. The van der Waals surface area contributed by atoms with E-state index in [2.05, 4.69) is 5.32 Å². The molecule has 0 bridgehead atoms. The first-order valence-corrected chi connectivity index (χ1v) is 6.03. The highest BCUT2D eigenvalue weighted by molar-refractivity contribution is 5.98. The molecule has 6 heteroatoms. The lowest BCUT2D eigenvalue weighted by Gasteiger charge is -2.25. The molecule has 2 N–H and O–H groups in total. The number of carboxylic acid groups (broad SMARTS) is 1. The van der Waals surface area contributed by atoms with E-state index in [1.807, 2.05) is 0 Å². The van der Waals surface area contributed by atoms with E-state index in [0.717, 1.165) is 0 Å². The Bertz CT molecular complexity index is 521. The molecule has 0 saturated carbocycles. The molecule has 0 aliphatic rings. The van der Waals surface area contributed by atoms with Gasteiger partial charge < -0.3 is 15.2 Å². The summed E-state index contributed by atoms with van der Waals surface area (Å²) in [6, 6.07) is 2.76. The summed E-state index contributed by atoms with van der Waals surface area (Å²) in [5.41, 5.74) is -0.662. The molecule has 20 heavy (non-hydrogen) atoms. The number of halogens is 1. The summed E-state index contributed by atoms with van der Waals surface area (Å²) < 4.78 is 18.3. The molecule has 5 nitrogen and oxygen atoms in total. The number of ether oxygens (including phenoxy) is 1. The Labute approximate surface area is 116 Å². The molecule has 0 saturated heterocycles. The van der Waals surface area contributed by atoms with Gasteiger partial charge in [0.25, 0.3) is 5.91 Å². The first kappa shape index (κ1) is 16.1. The minimum absolute atomic E-state index is 0.173. The van der Waals surface area contributed by atoms with Crippen LogP contribution in [-0.4, -0.2) is 36.2 Å². The molecule has 1 unspecified atom stereocenters. The fourth-order valence-electron chi connectivity index (χ4n) is 1.84. The number of amides is 1. The van der Waals surface area contributed by atoms with Crippen molar-refractivity contribution >= 4 is 11.9 Å². The van der Waals surface area contributed by atoms with Crippen molar-refractivity contribution in [1.29, 1.82) is 0 Å². The third kappa shape index (κ3) is 3.33. The minimum Gasteiger partial charge on any atom is -0.479 e. The Balaban J connectivity index is 3.04. The van der Waals surface area contributed by atoms with Crippen molar-refractivity contribution in [3.05, 3.63) is 34.6 Å². The van der Waals surface area contributed by atoms with Crippen LogP contribution in [0.3, 0.4) is 0 Å². The zero-order valence-electron chi connectivity index (χ0n) is 11.9. The van der Waals surface area contributed by atoms with Gasteiger partial charge in [-0.1, -0.05) is 0 Å². The number of carboxylic acids is 1. The quantitative estimate of drug-likeness (QED) is 0.861. The van der Waals surface area contributed by atoms with Gasteiger partial charge in [0.05, 0.1) is 6.61 Å². The van der Waals surface area contributed by atoms with Gasteiger partial charge >= 0.3 is 5.97 Å². The highest BCUT2D eigenvalue weighted by atomic mass is 19.1. The van der Waals surface area contributed by atoms with E-state index in [1.165, 1.54) is 26.2 Å². The molecule has 0 aromatic heterocycles. The van der Waals surface area contributed by atoms with Gasteiger partial charge in [-0.15, -0.1) is 0 Å². The van der Waals surface area contributed by atoms with Crippen LogP contribution in [0.25, 0.3) is 0 Å². The Morgan fingerprint density at radius 3 is 2.25 bits per heavy atom. The number of aryl methyl sites for hydroxylation is 2. The monoisotopic (exact) mass is 283 g/mol. The molecule has 1 rings (SSSR count). The molecule has 0 radical (unpaired) electrons. The molecule has 1 amide bonds. The van der Waals surface area contributed by atoms with Crippen molar-refractivity contribution in [2.45, 2.75) is 26.3 Å². The molecule has 1 aromatic rings. The Morgan fingerprint density at radius 1 is 1.35 bits per heavy atom. The number of methoxy groups -OCH3 is 1. The maximum Gasteiger partial charge on any atom is 0.331 e. The number of hydrogen-bond donors (Lipinski definition) is 2. The van der Waals surface area contributed by atoms with Crippen LogP contribution in [0.1, 0.15) is 28.4 Å². The summed E-state index contributed by atoms with van der Waals surface area (Å²) in [4.78, 5) is 23.3. The van der Waals surface area contributed by atoms with Crippen LogP contribution in [0, 0.1) is 19.7 Å². The third-order valence-corrected chi connectivity index (χ3v) is 2.99. The van der Waals surface area contributed by atoms with E-state index in [-0.39, 0.29) is 18.0 Å². The van der Waals surface area contributed by atoms with Gasteiger partial charge in [0.1, 0.15) is 5.82 Å². The van der Waals surface area contributed by atoms with Gasteiger partial charge in [0.2, 0.25) is 0 Å². The van der Waals surface area contributed by atoms with Crippen molar-refractivity contribution < 1.29 is 23.8 Å². The van der Waals surface area contributed by atoms with Crippen LogP contribution < -0.4 is 5.32 Å². The van der Waals surface area contributed by atoms with Crippen molar-refractivity contribution in [3.63, 3.8) is 0 Å². The third-order valence-electron chi connectivity index (χ3n) is 2.99. The van der Waals surface area contributed by atoms with Gasteiger partial charge in [0, 0.05) is 12.7 Å². The molecular formula is C14H18FNO4.